The molecular formula is C11H12N2O. The first kappa shape index (κ1) is 8.81. The first-order chi connectivity index (χ1) is 6.75. The second kappa shape index (κ2) is 3.54. The number of nitrogens with one attached hydrogen (secondary N) is 1. The van der Waals surface area contributed by atoms with Crippen molar-refractivity contribution in [1.29, 1.82) is 0 Å². The van der Waals surface area contributed by atoms with E-state index in [2.05, 4.69) is 10.5 Å². The number of hydrogen-bond acceptors (Lipinski definition) is 3. The van der Waals surface area contributed by atoms with Crippen molar-refractivity contribution in [2.75, 3.05) is 5.43 Å². The number of furan rings is 1. The van der Waals surface area contributed by atoms with Crippen molar-refractivity contribution in [2.45, 2.75) is 13.8 Å². The number of rotatable bonds is 2. The fraction of sp³-hybridized carbons (Fsp3) is 0.182. The Morgan fingerprint density at radius 1 is 1.29 bits per heavy atom. The topological polar surface area (TPSA) is 37.5 Å². The zero-order valence-electron chi connectivity index (χ0n) is 8.24. The van der Waals surface area contributed by atoms with Crippen LogP contribution in [-0.2, 0) is 0 Å². The predicted molar refractivity (Wildman–Crippen MR) is 58.6 cm³/mol. The summed E-state index contributed by atoms with van der Waals surface area (Å²) in [5, 5.41) is 5.20. The van der Waals surface area contributed by atoms with Crippen molar-refractivity contribution >= 4 is 22.4 Å². The molecular weight excluding hydrogens is 176 g/mol. The van der Waals surface area contributed by atoms with E-state index in [-0.39, 0.29) is 0 Å². The van der Waals surface area contributed by atoms with Gasteiger partial charge in [0.05, 0.1) is 12.0 Å². The van der Waals surface area contributed by atoms with Gasteiger partial charge in [-0.3, -0.25) is 5.43 Å². The molecule has 0 fully saturated rings. The lowest BCUT2D eigenvalue weighted by Crippen LogP contribution is -1.92. The Hall–Kier alpha value is -1.77. The zero-order valence-corrected chi connectivity index (χ0v) is 8.24. The summed E-state index contributed by atoms with van der Waals surface area (Å²) in [6, 6.07) is 7.81. The van der Waals surface area contributed by atoms with Crippen LogP contribution in [0.25, 0.3) is 11.0 Å². The molecule has 0 unspecified atom stereocenters. The van der Waals surface area contributed by atoms with Crippen LogP contribution in [0.3, 0.4) is 0 Å². The molecule has 0 saturated heterocycles. The minimum atomic E-state index is 0.896. The molecule has 0 saturated carbocycles. The van der Waals surface area contributed by atoms with E-state index in [0.717, 1.165) is 22.4 Å². The number of anilines is 1. The van der Waals surface area contributed by atoms with Crippen molar-refractivity contribution in [3.63, 3.8) is 0 Å². The van der Waals surface area contributed by atoms with Gasteiger partial charge in [0.15, 0.2) is 0 Å². The van der Waals surface area contributed by atoms with Crippen LogP contribution < -0.4 is 5.43 Å². The second-order valence-electron chi connectivity index (χ2n) is 3.34. The molecule has 0 amide bonds. The van der Waals surface area contributed by atoms with E-state index in [9.17, 15) is 0 Å². The Bertz CT molecular complexity index is 467. The lowest BCUT2D eigenvalue weighted by atomic mass is 10.2. The highest BCUT2D eigenvalue weighted by Crippen LogP contribution is 2.19. The molecule has 3 heteroatoms. The predicted octanol–water partition coefficient (Wildman–Crippen LogP) is 3.24. The number of hydrazone groups is 1. The summed E-state index contributed by atoms with van der Waals surface area (Å²) >= 11 is 0. The van der Waals surface area contributed by atoms with Crippen molar-refractivity contribution in [1.82, 2.24) is 0 Å². The van der Waals surface area contributed by atoms with Crippen LogP contribution in [0.2, 0.25) is 0 Å². The molecule has 1 aromatic heterocycles. The maximum Gasteiger partial charge on any atom is 0.134 e. The molecule has 1 N–H and O–H groups in total. The van der Waals surface area contributed by atoms with Gasteiger partial charge >= 0.3 is 0 Å². The number of benzene rings is 1. The van der Waals surface area contributed by atoms with Crippen LogP contribution in [-0.4, -0.2) is 5.71 Å². The van der Waals surface area contributed by atoms with Crippen LogP contribution in [0, 0.1) is 0 Å². The molecule has 0 spiro atoms. The van der Waals surface area contributed by atoms with Crippen LogP contribution in [0.15, 0.2) is 40.0 Å². The van der Waals surface area contributed by atoms with Gasteiger partial charge in [-0.1, -0.05) is 0 Å². The van der Waals surface area contributed by atoms with Crippen LogP contribution >= 0.6 is 0 Å². The average molecular weight is 188 g/mol. The molecule has 72 valence electrons. The largest absolute Gasteiger partial charge is 0.464 e. The maximum atomic E-state index is 5.23. The van der Waals surface area contributed by atoms with E-state index in [1.165, 1.54) is 0 Å². The lowest BCUT2D eigenvalue weighted by Gasteiger charge is -2.00. The van der Waals surface area contributed by atoms with Crippen LogP contribution in [0.1, 0.15) is 13.8 Å². The van der Waals surface area contributed by atoms with E-state index < -0.39 is 0 Å². The summed E-state index contributed by atoms with van der Waals surface area (Å²) in [5.74, 6) is 0. The normalized spacial score (nSPS) is 10.1. The molecule has 0 atom stereocenters. The number of hydrogen-bond donors (Lipinski definition) is 1. The van der Waals surface area contributed by atoms with Crippen molar-refractivity contribution in [2.24, 2.45) is 5.10 Å². The smallest absolute Gasteiger partial charge is 0.134 e. The molecule has 1 heterocycles. The van der Waals surface area contributed by atoms with Gasteiger partial charge in [-0.25, -0.2) is 0 Å². The molecule has 0 aliphatic heterocycles. The highest BCUT2D eigenvalue weighted by molar-refractivity contribution is 5.82. The summed E-state index contributed by atoms with van der Waals surface area (Å²) in [6.45, 7) is 3.90. The Kier molecular flexibility index (Phi) is 2.23. The van der Waals surface area contributed by atoms with E-state index in [0.29, 0.717) is 0 Å². The first-order valence-corrected chi connectivity index (χ1v) is 4.50. The quantitative estimate of drug-likeness (QED) is 0.580. The summed E-state index contributed by atoms with van der Waals surface area (Å²) in [5.41, 5.74) is 5.84. The van der Waals surface area contributed by atoms with E-state index in [1.54, 1.807) is 6.26 Å². The number of nitrogens with zero attached hydrogens (tertiary/aromatic N) is 1. The summed E-state index contributed by atoms with van der Waals surface area (Å²) < 4.78 is 5.23. The molecule has 3 nitrogen and oxygen atoms in total. The van der Waals surface area contributed by atoms with E-state index in [1.807, 2.05) is 38.1 Å². The fourth-order valence-electron chi connectivity index (χ4n) is 1.21. The molecule has 0 aliphatic rings. The molecule has 1 aromatic carbocycles. The van der Waals surface area contributed by atoms with Crippen molar-refractivity contribution in [3.8, 4) is 0 Å². The van der Waals surface area contributed by atoms with Gasteiger partial charge in [-0.15, -0.1) is 0 Å². The molecule has 0 aliphatic carbocycles. The molecule has 14 heavy (non-hydrogen) atoms. The standard InChI is InChI=1S/C11H12N2O/c1-8(2)12-13-10-3-4-11-9(7-10)5-6-14-11/h3-7,13H,1-2H3. The van der Waals surface area contributed by atoms with Gasteiger partial charge < -0.3 is 4.42 Å². The first-order valence-electron chi connectivity index (χ1n) is 4.50. The SMILES string of the molecule is CC(C)=NNc1ccc2occc2c1. The van der Waals surface area contributed by atoms with Crippen LogP contribution in [0.4, 0.5) is 5.69 Å². The Morgan fingerprint density at radius 2 is 2.14 bits per heavy atom. The van der Waals surface area contributed by atoms with Gasteiger partial charge in [-0.05, 0) is 38.1 Å². The van der Waals surface area contributed by atoms with Gasteiger partial charge in [0.25, 0.3) is 0 Å². The number of fused-ring (bicyclic) bond motifs is 1. The third-order valence-corrected chi connectivity index (χ3v) is 1.86. The molecule has 0 radical (unpaired) electrons. The van der Waals surface area contributed by atoms with E-state index in [4.69, 9.17) is 4.42 Å². The Labute approximate surface area is 82.4 Å². The molecule has 2 rings (SSSR count). The minimum Gasteiger partial charge on any atom is -0.464 e. The monoisotopic (exact) mass is 188 g/mol. The Morgan fingerprint density at radius 3 is 2.93 bits per heavy atom. The van der Waals surface area contributed by atoms with Gasteiger partial charge in [-0.2, -0.15) is 5.10 Å². The highest BCUT2D eigenvalue weighted by atomic mass is 16.3. The van der Waals surface area contributed by atoms with Crippen molar-refractivity contribution in [3.05, 3.63) is 30.5 Å². The third-order valence-electron chi connectivity index (χ3n) is 1.86. The summed E-state index contributed by atoms with van der Waals surface area (Å²) in [6.07, 6.45) is 1.68. The van der Waals surface area contributed by atoms with Gasteiger partial charge in [0.2, 0.25) is 0 Å². The second-order valence-corrected chi connectivity index (χ2v) is 3.34. The summed E-state index contributed by atoms with van der Waals surface area (Å²) in [4.78, 5) is 0. The van der Waals surface area contributed by atoms with Gasteiger partial charge in [0, 0.05) is 11.1 Å². The lowest BCUT2D eigenvalue weighted by molar-refractivity contribution is 0.616. The average Bonchev–Trinajstić information content (AvgIpc) is 2.61. The van der Waals surface area contributed by atoms with Gasteiger partial charge in [0.1, 0.15) is 5.58 Å². The maximum absolute atomic E-state index is 5.23. The zero-order chi connectivity index (χ0) is 9.97. The molecule has 0 bridgehead atoms. The summed E-state index contributed by atoms with van der Waals surface area (Å²) in [7, 11) is 0. The Balaban J connectivity index is 2.30. The van der Waals surface area contributed by atoms with Crippen LogP contribution in [0.5, 0.6) is 0 Å². The molecule has 2 aromatic rings. The van der Waals surface area contributed by atoms with Crippen molar-refractivity contribution < 1.29 is 4.42 Å². The minimum absolute atomic E-state index is 0.896. The third kappa shape index (κ3) is 1.76. The highest BCUT2D eigenvalue weighted by Gasteiger charge is 1.97. The fourth-order valence-corrected chi connectivity index (χ4v) is 1.21. The van der Waals surface area contributed by atoms with E-state index >= 15 is 0 Å².